The van der Waals surface area contributed by atoms with Crippen LogP contribution in [0.1, 0.15) is 17.2 Å². The number of benzene rings is 2. The molecule has 1 unspecified atom stereocenters. The standard InChI is InChI=1S/C16H18BrNO3S/c1-12-3-9-15(10-4-12)22(19,20)18-11-16(21-2)13-5-7-14(17)8-6-13/h3-10,16,18H,11H2,1-2H3. The molecule has 1 N–H and O–H groups in total. The number of halogens is 1. The van der Waals surface area contributed by atoms with E-state index < -0.39 is 10.0 Å². The van der Waals surface area contributed by atoms with E-state index in [0.717, 1.165) is 15.6 Å². The summed E-state index contributed by atoms with van der Waals surface area (Å²) in [5.41, 5.74) is 1.93. The molecule has 22 heavy (non-hydrogen) atoms. The molecule has 4 nitrogen and oxygen atoms in total. The Kier molecular flexibility index (Phi) is 5.74. The van der Waals surface area contributed by atoms with E-state index in [1.807, 2.05) is 31.2 Å². The lowest BCUT2D eigenvalue weighted by molar-refractivity contribution is 0.107. The molecule has 0 bridgehead atoms. The summed E-state index contributed by atoms with van der Waals surface area (Å²) in [6.07, 6.45) is -0.340. The van der Waals surface area contributed by atoms with Gasteiger partial charge in [-0.15, -0.1) is 0 Å². The number of hydrogen-bond acceptors (Lipinski definition) is 3. The Labute approximate surface area is 139 Å². The second-order valence-electron chi connectivity index (χ2n) is 4.94. The minimum atomic E-state index is -3.54. The third-order valence-corrected chi connectivity index (χ3v) is 5.28. The van der Waals surface area contributed by atoms with Gasteiger partial charge in [-0.25, -0.2) is 13.1 Å². The molecule has 2 aromatic rings. The van der Waals surface area contributed by atoms with Gasteiger partial charge in [0.2, 0.25) is 10.0 Å². The molecule has 6 heteroatoms. The van der Waals surface area contributed by atoms with Crippen molar-refractivity contribution in [2.45, 2.75) is 17.9 Å². The van der Waals surface area contributed by atoms with Gasteiger partial charge in [0.15, 0.2) is 0 Å². The fourth-order valence-corrected chi connectivity index (χ4v) is 3.30. The van der Waals surface area contributed by atoms with Gasteiger partial charge in [0.25, 0.3) is 0 Å². The quantitative estimate of drug-likeness (QED) is 0.831. The summed E-state index contributed by atoms with van der Waals surface area (Å²) in [5.74, 6) is 0. The summed E-state index contributed by atoms with van der Waals surface area (Å²) in [4.78, 5) is 0.253. The van der Waals surface area contributed by atoms with E-state index in [0.29, 0.717) is 0 Å². The third-order valence-electron chi connectivity index (χ3n) is 3.32. The molecular weight excluding hydrogens is 366 g/mol. The molecule has 0 aromatic heterocycles. The molecule has 0 aliphatic rings. The van der Waals surface area contributed by atoms with Crippen LogP contribution in [0, 0.1) is 6.92 Å². The Bertz CT molecular complexity index is 712. The van der Waals surface area contributed by atoms with Gasteiger partial charge in [-0.05, 0) is 36.8 Å². The van der Waals surface area contributed by atoms with Crippen molar-refractivity contribution in [2.75, 3.05) is 13.7 Å². The summed E-state index contributed by atoms with van der Waals surface area (Å²) in [6, 6.07) is 14.3. The van der Waals surface area contributed by atoms with Crippen molar-refractivity contribution >= 4 is 26.0 Å². The van der Waals surface area contributed by atoms with Crippen molar-refractivity contribution in [2.24, 2.45) is 0 Å². The van der Waals surface area contributed by atoms with Gasteiger partial charge in [-0.3, -0.25) is 0 Å². The average Bonchev–Trinajstić information content (AvgIpc) is 2.50. The zero-order chi connectivity index (χ0) is 16.2. The van der Waals surface area contributed by atoms with Crippen LogP contribution < -0.4 is 4.72 Å². The third kappa shape index (κ3) is 4.39. The maximum Gasteiger partial charge on any atom is 0.240 e. The second-order valence-corrected chi connectivity index (χ2v) is 7.62. The van der Waals surface area contributed by atoms with E-state index in [2.05, 4.69) is 20.7 Å². The molecule has 2 aromatic carbocycles. The minimum absolute atomic E-state index is 0.175. The predicted octanol–water partition coefficient (Wildman–Crippen LogP) is 3.42. The normalized spacial score (nSPS) is 13.0. The molecule has 0 heterocycles. The van der Waals surface area contributed by atoms with Crippen molar-refractivity contribution in [1.82, 2.24) is 4.72 Å². The van der Waals surface area contributed by atoms with Crippen LogP contribution in [-0.4, -0.2) is 22.1 Å². The number of hydrogen-bond donors (Lipinski definition) is 1. The summed E-state index contributed by atoms with van der Waals surface area (Å²) in [7, 11) is -1.98. The summed E-state index contributed by atoms with van der Waals surface area (Å²) in [6.45, 7) is 2.09. The Balaban J connectivity index is 2.09. The van der Waals surface area contributed by atoms with Gasteiger partial charge in [0, 0.05) is 18.1 Å². The van der Waals surface area contributed by atoms with Crippen molar-refractivity contribution in [3.63, 3.8) is 0 Å². The number of rotatable bonds is 6. The molecule has 0 spiro atoms. The zero-order valence-corrected chi connectivity index (χ0v) is 14.8. The molecular formula is C16H18BrNO3S. The first-order chi connectivity index (χ1) is 10.4. The SMILES string of the molecule is COC(CNS(=O)(=O)c1ccc(C)cc1)c1ccc(Br)cc1. The van der Waals surface area contributed by atoms with E-state index >= 15 is 0 Å². The van der Waals surface area contributed by atoms with Gasteiger partial charge in [0.05, 0.1) is 11.0 Å². The molecule has 0 fully saturated rings. The van der Waals surface area contributed by atoms with Crippen LogP contribution >= 0.6 is 15.9 Å². The first-order valence-corrected chi connectivity index (χ1v) is 9.04. The molecule has 0 amide bonds. The smallest absolute Gasteiger partial charge is 0.240 e. The first-order valence-electron chi connectivity index (χ1n) is 6.77. The molecule has 1 atom stereocenters. The van der Waals surface area contributed by atoms with Crippen molar-refractivity contribution < 1.29 is 13.2 Å². The number of nitrogens with one attached hydrogen (secondary N) is 1. The lowest BCUT2D eigenvalue weighted by Gasteiger charge is -2.17. The molecule has 0 saturated heterocycles. The van der Waals surface area contributed by atoms with Crippen LogP contribution in [0.15, 0.2) is 57.9 Å². The topological polar surface area (TPSA) is 55.4 Å². The Morgan fingerprint density at radius 3 is 2.23 bits per heavy atom. The Morgan fingerprint density at radius 1 is 1.09 bits per heavy atom. The lowest BCUT2D eigenvalue weighted by atomic mass is 10.1. The highest BCUT2D eigenvalue weighted by Gasteiger charge is 2.17. The lowest BCUT2D eigenvalue weighted by Crippen LogP contribution is -2.29. The van der Waals surface area contributed by atoms with Gasteiger partial charge in [0.1, 0.15) is 0 Å². The van der Waals surface area contributed by atoms with Gasteiger partial charge in [-0.2, -0.15) is 0 Å². The van der Waals surface area contributed by atoms with Crippen LogP contribution in [0.4, 0.5) is 0 Å². The fraction of sp³-hybridized carbons (Fsp3) is 0.250. The van der Waals surface area contributed by atoms with Crippen LogP contribution in [-0.2, 0) is 14.8 Å². The predicted molar refractivity (Wildman–Crippen MR) is 90.3 cm³/mol. The van der Waals surface area contributed by atoms with E-state index in [4.69, 9.17) is 4.74 Å². The van der Waals surface area contributed by atoms with E-state index in [-0.39, 0.29) is 17.5 Å². The fourth-order valence-electron chi connectivity index (χ4n) is 2.00. The summed E-state index contributed by atoms with van der Waals surface area (Å²) in [5, 5.41) is 0. The Hall–Kier alpha value is -1.21. The maximum absolute atomic E-state index is 12.3. The van der Waals surface area contributed by atoms with Crippen molar-refractivity contribution in [1.29, 1.82) is 0 Å². The minimum Gasteiger partial charge on any atom is -0.375 e. The van der Waals surface area contributed by atoms with Crippen molar-refractivity contribution in [3.05, 3.63) is 64.1 Å². The first kappa shape index (κ1) is 17.1. The maximum atomic E-state index is 12.3. The number of methoxy groups -OCH3 is 1. The molecule has 0 aliphatic heterocycles. The molecule has 0 saturated carbocycles. The molecule has 0 radical (unpaired) electrons. The summed E-state index contributed by atoms with van der Waals surface area (Å²) >= 11 is 3.37. The van der Waals surface area contributed by atoms with Crippen LogP contribution in [0.2, 0.25) is 0 Å². The average molecular weight is 384 g/mol. The highest BCUT2D eigenvalue weighted by molar-refractivity contribution is 9.10. The van der Waals surface area contributed by atoms with Gasteiger partial charge >= 0.3 is 0 Å². The van der Waals surface area contributed by atoms with Crippen LogP contribution in [0.25, 0.3) is 0 Å². The molecule has 0 aliphatic carbocycles. The van der Waals surface area contributed by atoms with E-state index in [1.165, 1.54) is 0 Å². The van der Waals surface area contributed by atoms with E-state index in [9.17, 15) is 8.42 Å². The number of sulfonamides is 1. The zero-order valence-electron chi connectivity index (χ0n) is 12.4. The monoisotopic (exact) mass is 383 g/mol. The van der Waals surface area contributed by atoms with Crippen LogP contribution in [0.3, 0.4) is 0 Å². The van der Waals surface area contributed by atoms with Crippen LogP contribution in [0.5, 0.6) is 0 Å². The van der Waals surface area contributed by atoms with Crippen molar-refractivity contribution in [3.8, 4) is 0 Å². The highest BCUT2D eigenvalue weighted by Crippen LogP contribution is 2.20. The summed E-state index contributed by atoms with van der Waals surface area (Å²) < 4.78 is 33.5. The molecule has 2 rings (SSSR count). The number of ether oxygens (including phenoxy) is 1. The van der Waals surface area contributed by atoms with Gasteiger partial charge < -0.3 is 4.74 Å². The molecule has 118 valence electrons. The largest absolute Gasteiger partial charge is 0.375 e. The van der Waals surface area contributed by atoms with E-state index in [1.54, 1.807) is 31.4 Å². The second kappa shape index (κ2) is 7.37. The van der Waals surface area contributed by atoms with Gasteiger partial charge in [-0.1, -0.05) is 45.8 Å². The number of aryl methyl sites for hydroxylation is 1. The Morgan fingerprint density at radius 2 is 1.68 bits per heavy atom. The highest BCUT2D eigenvalue weighted by atomic mass is 79.9.